The zero-order valence-electron chi connectivity index (χ0n) is 23.9. The van der Waals surface area contributed by atoms with E-state index in [2.05, 4.69) is 32.1 Å². The van der Waals surface area contributed by atoms with Gasteiger partial charge in [0.1, 0.15) is 0 Å². The molecule has 3 heterocycles. The number of carbonyl (C=O) groups is 2. The van der Waals surface area contributed by atoms with E-state index in [4.69, 9.17) is 4.52 Å². The number of nitrogens with zero attached hydrogens (tertiary/aromatic N) is 6. The van der Waals surface area contributed by atoms with Crippen LogP contribution in [-0.4, -0.2) is 87.9 Å². The Balaban J connectivity index is 0.00000387. The van der Waals surface area contributed by atoms with Crippen molar-refractivity contribution >= 4 is 24.2 Å². The normalized spacial score (nSPS) is 16.3. The Bertz CT molecular complexity index is 1240. The first kappa shape index (κ1) is 30.7. The molecule has 220 valence electrons. The third-order valence-corrected chi connectivity index (χ3v) is 7.83. The minimum Gasteiger partial charge on any atom is -0.341 e. The second-order valence-corrected chi connectivity index (χ2v) is 10.9. The van der Waals surface area contributed by atoms with Gasteiger partial charge in [-0.25, -0.2) is 0 Å². The van der Waals surface area contributed by atoms with Gasteiger partial charge >= 0.3 is 0 Å². The highest BCUT2D eigenvalue weighted by atomic mass is 35.5. The Morgan fingerprint density at radius 3 is 2.22 bits per heavy atom. The Morgan fingerprint density at radius 1 is 0.829 bits per heavy atom. The van der Waals surface area contributed by atoms with Gasteiger partial charge in [0.05, 0.1) is 6.54 Å². The second kappa shape index (κ2) is 15.1. The summed E-state index contributed by atoms with van der Waals surface area (Å²) in [5.74, 6) is 1.23. The van der Waals surface area contributed by atoms with Crippen LogP contribution in [0.1, 0.15) is 58.9 Å². The number of aromatic nitrogens is 2. The fraction of sp³-hybridized carbons (Fsp3) is 0.484. The summed E-state index contributed by atoms with van der Waals surface area (Å²) in [4.78, 5) is 38.5. The van der Waals surface area contributed by atoms with Crippen molar-refractivity contribution in [1.29, 1.82) is 0 Å². The van der Waals surface area contributed by atoms with Gasteiger partial charge in [-0.05, 0) is 49.2 Å². The van der Waals surface area contributed by atoms with E-state index in [1.807, 2.05) is 54.4 Å². The molecule has 0 saturated carbocycles. The van der Waals surface area contributed by atoms with E-state index in [1.165, 1.54) is 37.9 Å². The first-order valence-corrected chi connectivity index (χ1v) is 14.5. The monoisotopic (exact) mass is 580 g/mol. The summed E-state index contributed by atoms with van der Waals surface area (Å²) in [5.41, 5.74) is 3.12. The Morgan fingerprint density at radius 2 is 1.51 bits per heavy atom. The zero-order chi connectivity index (χ0) is 27.7. The van der Waals surface area contributed by atoms with Gasteiger partial charge in [0.2, 0.25) is 11.8 Å². The van der Waals surface area contributed by atoms with E-state index >= 15 is 0 Å². The molecule has 2 aliphatic rings. The number of likely N-dealkylation sites (tertiary alicyclic amines) is 1. The number of piperazine rings is 1. The number of halogens is 1. The van der Waals surface area contributed by atoms with Crippen molar-refractivity contribution in [2.24, 2.45) is 0 Å². The third-order valence-electron chi connectivity index (χ3n) is 7.83. The van der Waals surface area contributed by atoms with Crippen LogP contribution in [0.3, 0.4) is 0 Å². The first-order valence-electron chi connectivity index (χ1n) is 14.5. The highest BCUT2D eigenvalue weighted by Crippen LogP contribution is 2.16. The molecule has 2 amide bonds. The molecule has 0 aliphatic carbocycles. The summed E-state index contributed by atoms with van der Waals surface area (Å²) in [6, 6.07) is 18.1. The lowest BCUT2D eigenvalue weighted by atomic mass is 10.1. The number of piperidine rings is 1. The molecule has 10 heteroatoms. The van der Waals surface area contributed by atoms with Crippen LogP contribution in [0.5, 0.6) is 0 Å². The molecule has 3 aromatic rings. The van der Waals surface area contributed by atoms with Crippen LogP contribution in [0.2, 0.25) is 0 Å². The van der Waals surface area contributed by atoms with E-state index in [1.54, 1.807) is 4.90 Å². The average molecular weight is 581 g/mol. The molecular formula is C31H41ClN6O3. The van der Waals surface area contributed by atoms with Crippen LogP contribution < -0.4 is 0 Å². The standard InChI is InChI=1S/C31H40N6O3.ClH/c1-34(22-25-8-4-2-5-9-25)30(38)15-14-29-32-28(33-40-29)24-36-18-20-37(21-19-36)31(39)27-12-10-26(11-13-27)23-35-16-6-3-7-17-35;/h2,4-5,8-13H,3,6-7,14-24H2,1H3;1H. The van der Waals surface area contributed by atoms with E-state index in [0.717, 1.165) is 30.8 Å². The summed E-state index contributed by atoms with van der Waals surface area (Å²) in [5, 5.41) is 4.12. The summed E-state index contributed by atoms with van der Waals surface area (Å²) in [6.45, 7) is 7.29. The van der Waals surface area contributed by atoms with Crippen LogP contribution in [0.15, 0.2) is 59.1 Å². The molecule has 0 atom stereocenters. The van der Waals surface area contributed by atoms with E-state index in [0.29, 0.717) is 50.7 Å². The molecule has 41 heavy (non-hydrogen) atoms. The molecule has 0 unspecified atom stereocenters. The number of carbonyl (C=O) groups excluding carboxylic acids is 2. The largest absolute Gasteiger partial charge is 0.341 e. The van der Waals surface area contributed by atoms with Crippen molar-refractivity contribution in [3.05, 3.63) is 83.0 Å². The predicted octanol–water partition coefficient (Wildman–Crippen LogP) is 4.03. The molecule has 1 aromatic heterocycles. The number of amides is 2. The molecule has 2 fully saturated rings. The number of hydrogen-bond acceptors (Lipinski definition) is 7. The Labute approximate surface area is 248 Å². The predicted molar refractivity (Wildman–Crippen MR) is 160 cm³/mol. The minimum absolute atomic E-state index is 0. The molecule has 2 aliphatic heterocycles. The maximum atomic E-state index is 13.1. The molecular weight excluding hydrogens is 540 g/mol. The zero-order valence-corrected chi connectivity index (χ0v) is 24.7. The van der Waals surface area contributed by atoms with Crippen molar-refractivity contribution in [1.82, 2.24) is 29.7 Å². The van der Waals surface area contributed by atoms with Crippen LogP contribution in [-0.2, 0) is 30.8 Å². The van der Waals surface area contributed by atoms with Gasteiger partial charge in [-0.15, -0.1) is 12.4 Å². The highest BCUT2D eigenvalue weighted by Gasteiger charge is 2.23. The fourth-order valence-electron chi connectivity index (χ4n) is 5.43. The quantitative estimate of drug-likeness (QED) is 0.358. The summed E-state index contributed by atoms with van der Waals surface area (Å²) < 4.78 is 5.40. The van der Waals surface area contributed by atoms with Crippen molar-refractivity contribution in [3.8, 4) is 0 Å². The molecule has 0 spiro atoms. The van der Waals surface area contributed by atoms with Crippen LogP contribution >= 0.6 is 12.4 Å². The fourth-order valence-corrected chi connectivity index (χ4v) is 5.43. The van der Waals surface area contributed by atoms with E-state index in [-0.39, 0.29) is 24.2 Å². The van der Waals surface area contributed by atoms with Crippen LogP contribution in [0, 0.1) is 0 Å². The van der Waals surface area contributed by atoms with E-state index < -0.39 is 0 Å². The Kier molecular flexibility index (Phi) is 11.3. The van der Waals surface area contributed by atoms with Gasteiger partial charge in [0.25, 0.3) is 5.91 Å². The van der Waals surface area contributed by atoms with Crippen molar-refractivity contribution < 1.29 is 14.1 Å². The number of hydrogen-bond donors (Lipinski definition) is 0. The van der Waals surface area contributed by atoms with Crippen molar-refractivity contribution in [2.45, 2.75) is 51.7 Å². The second-order valence-electron chi connectivity index (χ2n) is 10.9. The smallest absolute Gasteiger partial charge is 0.253 e. The van der Waals surface area contributed by atoms with Gasteiger partial charge in [-0.2, -0.15) is 4.98 Å². The number of aryl methyl sites for hydroxylation is 1. The van der Waals surface area contributed by atoms with Crippen molar-refractivity contribution in [3.63, 3.8) is 0 Å². The van der Waals surface area contributed by atoms with Crippen molar-refractivity contribution in [2.75, 3.05) is 46.3 Å². The molecule has 0 radical (unpaired) electrons. The van der Waals surface area contributed by atoms with Gasteiger partial charge in [0, 0.05) is 64.7 Å². The third kappa shape index (κ3) is 8.86. The van der Waals surface area contributed by atoms with E-state index in [9.17, 15) is 9.59 Å². The summed E-state index contributed by atoms with van der Waals surface area (Å²) in [6.07, 6.45) is 4.65. The van der Waals surface area contributed by atoms with Gasteiger partial charge in [-0.3, -0.25) is 19.4 Å². The lowest BCUT2D eigenvalue weighted by molar-refractivity contribution is -0.130. The van der Waals surface area contributed by atoms with Crippen LogP contribution in [0.25, 0.3) is 0 Å². The average Bonchev–Trinajstić information content (AvgIpc) is 3.44. The molecule has 5 rings (SSSR count). The maximum Gasteiger partial charge on any atom is 0.253 e. The molecule has 0 N–H and O–H groups in total. The van der Waals surface area contributed by atoms with Gasteiger partial charge in [0.15, 0.2) is 5.82 Å². The number of benzene rings is 2. The number of rotatable bonds is 10. The molecule has 0 bridgehead atoms. The Hall–Kier alpha value is -3.27. The van der Waals surface area contributed by atoms with Gasteiger partial charge in [-0.1, -0.05) is 54.0 Å². The molecule has 9 nitrogen and oxygen atoms in total. The maximum absolute atomic E-state index is 13.1. The lowest BCUT2D eigenvalue weighted by Gasteiger charge is -2.34. The lowest BCUT2D eigenvalue weighted by Crippen LogP contribution is -2.48. The summed E-state index contributed by atoms with van der Waals surface area (Å²) >= 11 is 0. The molecule has 2 aromatic carbocycles. The van der Waals surface area contributed by atoms with Gasteiger partial charge < -0.3 is 14.3 Å². The molecule has 2 saturated heterocycles. The first-order chi connectivity index (χ1) is 19.5. The topological polar surface area (TPSA) is 86.0 Å². The SMILES string of the molecule is CN(Cc1ccccc1)C(=O)CCc1nc(CN2CCN(C(=O)c3ccc(CN4CCCCC4)cc3)CC2)no1.Cl. The van der Waals surface area contributed by atoms with Crippen LogP contribution in [0.4, 0.5) is 0 Å². The summed E-state index contributed by atoms with van der Waals surface area (Å²) in [7, 11) is 1.81. The minimum atomic E-state index is 0. The highest BCUT2D eigenvalue weighted by molar-refractivity contribution is 5.94.